The normalized spacial score (nSPS) is 13.2. The lowest BCUT2D eigenvalue weighted by Crippen LogP contribution is -2.46. The summed E-state index contributed by atoms with van der Waals surface area (Å²) in [7, 11) is -5.11. The van der Waals surface area contributed by atoms with Gasteiger partial charge in [0.25, 0.3) is 0 Å². The van der Waals surface area contributed by atoms with Gasteiger partial charge < -0.3 is 37.2 Å². The molecule has 2 atom stereocenters. The number of nitrogens with one attached hydrogen (secondary N) is 2. The molecule has 2 amide bonds. The number of rotatable bonds is 24. The van der Waals surface area contributed by atoms with E-state index in [1.54, 1.807) is 0 Å². The maximum absolute atomic E-state index is 11.7. The second kappa shape index (κ2) is 25.8. The molecular weight excluding hydrogens is 548 g/mol. The summed E-state index contributed by atoms with van der Waals surface area (Å²) in [5.41, 5.74) is 0. The zero-order valence-corrected chi connectivity index (χ0v) is 29.3. The Bertz CT molecular complexity index is 545. The van der Waals surface area contributed by atoms with Crippen molar-refractivity contribution in [2.75, 3.05) is 52.7 Å². The van der Waals surface area contributed by atoms with E-state index in [-0.39, 0.29) is 23.7 Å². The fourth-order valence-electron chi connectivity index (χ4n) is 3.75. The largest absolute Gasteiger partial charge is 0.500 e. The van der Waals surface area contributed by atoms with Gasteiger partial charge in [-0.15, -0.1) is 0 Å². The molecule has 0 aliphatic heterocycles. The van der Waals surface area contributed by atoms with E-state index in [0.29, 0.717) is 52.7 Å². The van der Waals surface area contributed by atoms with Crippen molar-refractivity contribution in [2.45, 2.75) is 107 Å². The van der Waals surface area contributed by atoms with Gasteiger partial charge in [-0.1, -0.05) is 27.7 Å². The standard InChI is InChI=1S/2C14H31NO4Si/c2*1-6-13(5)14(16)15-11-10-12-20(17-7-2,18-8-3)19-9-4/h2*13H,6-12H2,1-5H3,(H,15,16). The summed E-state index contributed by atoms with van der Waals surface area (Å²) in [6, 6.07) is 1.48. The maximum atomic E-state index is 11.7. The molecule has 0 saturated heterocycles. The first-order chi connectivity index (χ1) is 19.1. The third-order valence-corrected chi connectivity index (χ3v) is 12.5. The smallest absolute Gasteiger partial charge is 0.374 e. The summed E-state index contributed by atoms with van der Waals surface area (Å²) in [5.74, 6) is 0.373. The SMILES string of the molecule is CCO[Si](CCCNC(=O)C(C)CC)(OCC)OCC.CCO[Si](CCCNC(=O)C(C)CC)(OCC)OCC. The molecule has 0 aromatic rings. The minimum absolute atomic E-state index is 0.0719. The third-order valence-electron chi connectivity index (χ3n) is 6.22. The van der Waals surface area contributed by atoms with E-state index in [2.05, 4.69) is 10.6 Å². The molecule has 0 aliphatic rings. The van der Waals surface area contributed by atoms with Crippen LogP contribution in [0.1, 0.15) is 94.9 Å². The van der Waals surface area contributed by atoms with Crippen LogP contribution in [0.15, 0.2) is 0 Å². The van der Waals surface area contributed by atoms with Crippen molar-refractivity contribution in [3.63, 3.8) is 0 Å². The van der Waals surface area contributed by atoms with Gasteiger partial charge in [-0.05, 0) is 67.2 Å². The van der Waals surface area contributed by atoms with Crippen LogP contribution in [0.3, 0.4) is 0 Å². The van der Waals surface area contributed by atoms with Crippen molar-refractivity contribution in [1.82, 2.24) is 10.6 Å². The van der Waals surface area contributed by atoms with E-state index < -0.39 is 17.6 Å². The van der Waals surface area contributed by atoms with Crippen molar-refractivity contribution in [3.8, 4) is 0 Å². The lowest BCUT2D eigenvalue weighted by molar-refractivity contribution is -0.125. The molecule has 0 rings (SSSR count). The highest BCUT2D eigenvalue weighted by Crippen LogP contribution is 2.19. The highest BCUT2D eigenvalue weighted by Gasteiger charge is 2.40. The molecule has 0 heterocycles. The van der Waals surface area contributed by atoms with Gasteiger partial charge >= 0.3 is 17.6 Å². The van der Waals surface area contributed by atoms with Gasteiger partial charge in [0.1, 0.15) is 0 Å². The lowest BCUT2D eigenvalue weighted by Gasteiger charge is -2.28. The van der Waals surface area contributed by atoms with Gasteiger partial charge in [0.05, 0.1) is 0 Å². The van der Waals surface area contributed by atoms with Crippen LogP contribution in [0.4, 0.5) is 0 Å². The van der Waals surface area contributed by atoms with Crippen LogP contribution in [0, 0.1) is 11.8 Å². The Morgan fingerprint density at radius 2 is 0.775 bits per heavy atom. The first-order valence-electron chi connectivity index (χ1n) is 15.5. The first-order valence-corrected chi connectivity index (χ1v) is 19.3. The molecule has 0 aromatic heterocycles. The summed E-state index contributed by atoms with van der Waals surface area (Å²) < 4.78 is 34.6. The Labute approximate surface area is 247 Å². The topological polar surface area (TPSA) is 114 Å². The van der Waals surface area contributed by atoms with Crippen LogP contribution in [0.25, 0.3) is 0 Å². The number of carbonyl (C=O) groups is 2. The first kappa shape index (κ1) is 41.3. The fraction of sp³-hybridized carbons (Fsp3) is 0.929. The molecule has 0 saturated carbocycles. The maximum Gasteiger partial charge on any atom is 0.500 e. The van der Waals surface area contributed by atoms with E-state index in [0.717, 1.165) is 37.8 Å². The predicted molar refractivity (Wildman–Crippen MR) is 165 cm³/mol. The van der Waals surface area contributed by atoms with Crippen LogP contribution in [0.5, 0.6) is 0 Å². The van der Waals surface area contributed by atoms with Crippen molar-refractivity contribution < 1.29 is 36.1 Å². The van der Waals surface area contributed by atoms with E-state index in [9.17, 15) is 9.59 Å². The molecule has 240 valence electrons. The zero-order valence-electron chi connectivity index (χ0n) is 27.3. The van der Waals surface area contributed by atoms with Gasteiger partial charge in [0, 0.05) is 76.7 Å². The fourth-order valence-corrected chi connectivity index (χ4v) is 8.98. The summed E-state index contributed by atoms with van der Waals surface area (Å²) in [5, 5.41) is 5.90. The van der Waals surface area contributed by atoms with Crippen molar-refractivity contribution in [2.24, 2.45) is 11.8 Å². The van der Waals surface area contributed by atoms with E-state index in [1.165, 1.54) is 0 Å². The number of hydrogen-bond donors (Lipinski definition) is 2. The minimum Gasteiger partial charge on any atom is -0.374 e. The molecule has 0 aromatic carbocycles. The highest BCUT2D eigenvalue weighted by atomic mass is 28.4. The molecule has 0 spiro atoms. The van der Waals surface area contributed by atoms with Gasteiger partial charge in [0.2, 0.25) is 11.8 Å². The lowest BCUT2D eigenvalue weighted by atomic mass is 10.1. The number of hydrogen-bond acceptors (Lipinski definition) is 8. The van der Waals surface area contributed by atoms with Gasteiger partial charge in [-0.25, -0.2) is 0 Å². The molecule has 0 bridgehead atoms. The minimum atomic E-state index is -2.55. The van der Waals surface area contributed by atoms with Gasteiger partial charge in [0.15, 0.2) is 0 Å². The third kappa shape index (κ3) is 18.5. The Hall–Kier alpha value is -0.866. The summed E-state index contributed by atoms with van der Waals surface area (Å²) in [6.45, 7) is 24.4. The summed E-state index contributed by atoms with van der Waals surface area (Å²) in [6.07, 6.45) is 3.35. The molecule has 0 fully saturated rings. The highest BCUT2D eigenvalue weighted by molar-refractivity contribution is 6.61. The van der Waals surface area contributed by atoms with Crippen LogP contribution < -0.4 is 10.6 Å². The average molecular weight is 611 g/mol. The number of carbonyl (C=O) groups excluding carboxylic acids is 2. The molecule has 0 radical (unpaired) electrons. The van der Waals surface area contributed by atoms with E-state index in [1.807, 2.05) is 69.2 Å². The second-order valence-electron chi connectivity index (χ2n) is 9.37. The van der Waals surface area contributed by atoms with Gasteiger partial charge in [-0.3, -0.25) is 9.59 Å². The number of amides is 2. The predicted octanol–water partition coefficient (Wildman–Crippen LogP) is 5.17. The molecule has 2 N–H and O–H groups in total. The van der Waals surface area contributed by atoms with E-state index >= 15 is 0 Å². The molecule has 40 heavy (non-hydrogen) atoms. The van der Waals surface area contributed by atoms with Crippen LogP contribution in [-0.4, -0.2) is 82.2 Å². The van der Waals surface area contributed by atoms with Crippen molar-refractivity contribution >= 4 is 29.4 Å². The van der Waals surface area contributed by atoms with Gasteiger partial charge in [-0.2, -0.15) is 0 Å². The quantitative estimate of drug-likeness (QED) is 0.114. The molecule has 0 aliphatic carbocycles. The Balaban J connectivity index is 0. The average Bonchev–Trinajstić information content (AvgIpc) is 2.93. The molecular formula is C28H62N2O8Si2. The van der Waals surface area contributed by atoms with Crippen molar-refractivity contribution in [3.05, 3.63) is 0 Å². The monoisotopic (exact) mass is 610 g/mol. The molecule has 12 heteroatoms. The van der Waals surface area contributed by atoms with Crippen LogP contribution in [0.2, 0.25) is 12.1 Å². The Morgan fingerprint density at radius 3 is 0.975 bits per heavy atom. The van der Waals surface area contributed by atoms with Crippen LogP contribution in [-0.2, 0) is 36.1 Å². The summed E-state index contributed by atoms with van der Waals surface area (Å²) in [4.78, 5) is 23.4. The Kier molecular flexibility index (Phi) is 26.6. The summed E-state index contributed by atoms with van der Waals surface area (Å²) >= 11 is 0. The molecule has 10 nitrogen and oxygen atoms in total. The van der Waals surface area contributed by atoms with Crippen molar-refractivity contribution in [1.29, 1.82) is 0 Å². The zero-order chi connectivity index (χ0) is 30.9. The molecule has 2 unspecified atom stereocenters. The van der Waals surface area contributed by atoms with Crippen LogP contribution >= 0.6 is 0 Å². The Morgan fingerprint density at radius 1 is 0.525 bits per heavy atom. The second-order valence-corrected chi connectivity index (χ2v) is 14.8. The van der Waals surface area contributed by atoms with E-state index in [4.69, 9.17) is 26.6 Å².